The Hall–Kier alpha value is -0.380. The second kappa shape index (κ2) is 7.14. The minimum Gasteiger partial charge on any atom is -0.309 e. The number of nitrogens with one attached hydrogen (secondary N) is 1. The third-order valence-corrected chi connectivity index (χ3v) is 3.70. The molecule has 0 aliphatic carbocycles. The van der Waals surface area contributed by atoms with Crippen LogP contribution in [0.4, 0.5) is 0 Å². The van der Waals surface area contributed by atoms with Gasteiger partial charge in [0.15, 0.2) is 0 Å². The van der Waals surface area contributed by atoms with Crippen LogP contribution in [0.25, 0.3) is 0 Å². The Balaban J connectivity index is 1.75. The Morgan fingerprint density at radius 3 is 2.88 bits per heavy atom. The number of halogens is 1. The van der Waals surface area contributed by atoms with E-state index in [0.29, 0.717) is 6.04 Å². The predicted molar refractivity (Wildman–Crippen MR) is 76.5 cm³/mol. The number of nitrogens with zero attached hydrogens (tertiary/aromatic N) is 1. The molecule has 1 fully saturated rings. The van der Waals surface area contributed by atoms with Gasteiger partial charge in [0, 0.05) is 31.0 Å². The summed E-state index contributed by atoms with van der Waals surface area (Å²) in [6, 6.07) is 11.3. The van der Waals surface area contributed by atoms with Crippen molar-refractivity contribution in [1.29, 1.82) is 0 Å². The third kappa shape index (κ3) is 4.41. The van der Waals surface area contributed by atoms with Crippen LogP contribution >= 0.6 is 15.9 Å². The van der Waals surface area contributed by atoms with Crippen molar-refractivity contribution < 1.29 is 0 Å². The van der Waals surface area contributed by atoms with Gasteiger partial charge in [0.2, 0.25) is 0 Å². The molecule has 1 aliphatic heterocycles. The molecule has 1 aliphatic rings. The summed E-state index contributed by atoms with van der Waals surface area (Å²) in [4.78, 5) is 2.54. The first kappa shape index (κ1) is 13.1. The van der Waals surface area contributed by atoms with Crippen LogP contribution in [0.2, 0.25) is 0 Å². The summed E-state index contributed by atoms with van der Waals surface area (Å²) < 4.78 is 0. The first-order chi connectivity index (χ1) is 8.38. The zero-order valence-corrected chi connectivity index (χ0v) is 11.8. The van der Waals surface area contributed by atoms with Crippen LogP contribution in [0, 0.1) is 0 Å². The molecule has 1 aromatic carbocycles. The monoisotopic (exact) mass is 296 g/mol. The summed E-state index contributed by atoms with van der Waals surface area (Å²) in [5, 5.41) is 4.75. The Labute approximate surface area is 113 Å². The molecule has 0 bridgehead atoms. The first-order valence-electron chi connectivity index (χ1n) is 6.44. The van der Waals surface area contributed by atoms with E-state index < -0.39 is 0 Å². The van der Waals surface area contributed by atoms with E-state index in [1.54, 1.807) is 0 Å². The average molecular weight is 297 g/mol. The van der Waals surface area contributed by atoms with E-state index in [1.165, 1.54) is 38.0 Å². The summed E-state index contributed by atoms with van der Waals surface area (Å²) in [6.07, 6.45) is 2.63. The molecule has 1 aromatic rings. The summed E-state index contributed by atoms with van der Waals surface area (Å²) >= 11 is 3.52. The van der Waals surface area contributed by atoms with Gasteiger partial charge in [-0.25, -0.2) is 0 Å². The van der Waals surface area contributed by atoms with Crippen molar-refractivity contribution in [2.45, 2.75) is 25.4 Å². The maximum atomic E-state index is 3.67. The van der Waals surface area contributed by atoms with Crippen LogP contribution in [0.5, 0.6) is 0 Å². The molecule has 0 spiro atoms. The SMILES string of the molecule is BrCCN1CCCC(NCc2ccccc2)C1. The zero-order valence-electron chi connectivity index (χ0n) is 10.2. The topological polar surface area (TPSA) is 15.3 Å². The second-order valence-corrected chi connectivity index (χ2v) is 5.49. The molecule has 2 rings (SSSR count). The van der Waals surface area contributed by atoms with Crippen molar-refractivity contribution in [3.63, 3.8) is 0 Å². The summed E-state index contributed by atoms with van der Waals surface area (Å²) in [7, 11) is 0. The third-order valence-electron chi connectivity index (χ3n) is 3.34. The van der Waals surface area contributed by atoms with E-state index in [-0.39, 0.29) is 0 Å². The quantitative estimate of drug-likeness (QED) is 0.841. The van der Waals surface area contributed by atoms with Gasteiger partial charge in [0.25, 0.3) is 0 Å². The van der Waals surface area contributed by atoms with E-state index >= 15 is 0 Å². The lowest BCUT2D eigenvalue weighted by Gasteiger charge is -2.32. The molecular weight excluding hydrogens is 276 g/mol. The zero-order chi connectivity index (χ0) is 11.9. The molecule has 1 atom stereocenters. The van der Waals surface area contributed by atoms with Crippen LogP contribution in [0.3, 0.4) is 0 Å². The van der Waals surface area contributed by atoms with E-state index in [4.69, 9.17) is 0 Å². The number of rotatable bonds is 5. The smallest absolute Gasteiger partial charge is 0.0208 e. The molecule has 2 nitrogen and oxygen atoms in total. The van der Waals surface area contributed by atoms with Gasteiger partial charge in [-0.2, -0.15) is 0 Å². The van der Waals surface area contributed by atoms with Crippen molar-refractivity contribution in [2.24, 2.45) is 0 Å². The van der Waals surface area contributed by atoms with Crippen LogP contribution in [0.15, 0.2) is 30.3 Å². The van der Waals surface area contributed by atoms with E-state index in [2.05, 4.69) is 56.5 Å². The van der Waals surface area contributed by atoms with E-state index in [1.807, 2.05) is 0 Å². The van der Waals surface area contributed by atoms with Gasteiger partial charge >= 0.3 is 0 Å². The molecule has 0 radical (unpaired) electrons. The Morgan fingerprint density at radius 2 is 2.12 bits per heavy atom. The second-order valence-electron chi connectivity index (χ2n) is 4.70. The molecule has 0 saturated carbocycles. The van der Waals surface area contributed by atoms with E-state index in [9.17, 15) is 0 Å². The number of likely N-dealkylation sites (tertiary alicyclic amines) is 1. The summed E-state index contributed by atoms with van der Waals surface area (Å²) in [5.41, 5.74) is 1.38. The van der Waals surface area contributed by atoms with Gasteiger partial charge < -0.3 is 10.2 Å². The fourth-order valence-electron chi connectivity index (χ4n) is 2.40. The van der Waals surface area contributed by atoms with Crippen LogP contribution < -0.4 is 5.32 Å². The highest BCUT2D eigenvalue weighted by Gasteiger charge is 2.18. The fraction of sp³-hybridized carbons (Fsp3) is 0.571. The average Bonchev–Trinajstić information content (AvgIpc) is 2.39. The highest BCUT2D eigenvalue weighted by molar-refractivity contribution is 9.09. The Bertz CT molecular complexity index is 313. The van der Waals surface area contributed by atoms with Crippen LogP contribution in [-0.2, 0) is 6.54 Å². The predicted octanol–water partition coefficient (Wildman–Crippen LogP) is 2.64. The molecular formula is C14H21BrN2. The number of hydrogen-bond acceptors (Lipinski definition) is 2. The van der Waals surface area contributed by atoms with Crippen molar-refractivity contribution in [2.75, 3.05) is 25.0 Å². The highest BCUT2D eigenvalue weighted by Crippen LogP contribution is 2.11. The van der Waals surface area contributed by atoms with Crippen LogP contribution in [0.1, 0.15) is 18.4 Å². The number of benzene rings is 1. The number of piperidine rings is 1. The minimum absolute atomic E-state index is 0.656. The van der Waals surface area contributed by atoms with Gasteiger partial charge in [0.05, 0.1) is 0 Å². The molecule has 1 heterocycles. The molecule has 0 aromatic heterocycles. The van der Waals surface area contributed by atoms with E-state index in [0.717, 1.165) is 11.9 Å². The van der Waals surface area contributed by atoms with Crippen molar-refractivity contribution in [3.05, 3.63) is 35.9 Å². The molecule has 17 heavy (non-hydrogen) atoms. The molecule has 94 valence electrons. The molecule has 1 N–H and O–H groups in total. The van der Waals surface area contributed by atoms with Gasteiger partial charge in [-0.1, -0.05) is 46.3 Å². The molecule has 0 amide bonds. The first-order valence-corrected chi connectivity index (χ1v) is 7.56. The summed E-state index contributed by atoms with van der Waals surface area (Å²) in [5.74, 6) is 0. The standard InChI is InChI=1S/C14H21BrN2/c15-8-10-17-9-4-7-14(12-17)16-11-13-5-2-1-3-6-13/h1-3,5-6,14,16H,4,7-12H2. The largest absolute Gasteiger partial charge is 0.309 e. The highest BCUT2D eigenvalue weighted by atomic mass is 79.9. The molecule has 1 unspecified atom stereocenters. The van der Waals surface area contributed by atoms with Gasteiger partial charge in [-0.15, -0.1) is 0 Å². The number of alkyl halides is 1. The lowest BCUT2D eigenvalue weighted by molar-refractivity contribution is 0.200. The normalized spacial score (nSPS) is 21.6. The van der Waals surface area contributed by atoms with Crippen molar-refractivity contribution in [3.8, 4) is 0 Å². The van der Waals surface area contributed by atoms with Gasteiger partial charge in [0.1, 0.15) is 0 Å². The Kier molecular flexibility index (Phi) is 5.49. The van der Waals surface area contributed by atoms with Gasteiger partial charge in [-0.05, 0) is 24.9 Å². The lowest BCUT2D eigenvalue weighted by Crippen LogP contribution is -2.45. The maximum Gasteiger partial charge on any atom is 0.0208 e. The fourth-order valence-corrected chi connectivity index (χ4v) is 2.90. The maximum absolute atomic E-state index is 3.67. The van der Waals surface area contributed by atoms with Crippen molar-refractivity contribution >= 4 is 15.9 Å². The van der Waals surface area contributed by atoms with Crippen molar-refractivity contribution in [1.82, 2.24) is 10.2 Å². The molecule has 1 saturated heterocycles. The van der Waals surface area contributed by atoms with Crippen LogP contribution in [-0.4, -0.2) is 35.9 Å². The summed E-state index contributed by atoms with van der Waals surface area (Å²) in [6.45, 7) is 4.62. The minimum atomic E-state index is 0.656. The molecule has 3 heteroatoms. The Morgan fingerprint density at radius 1 is 1.29 bits per heavy atom. The number of hydrogen-bond donors (Lipinski definition) is 1. The lowest BCUT2D eigenvalue weighted by atomic mass is 10.1. The van der Waals surface area contributed by atoms with Gasteiger partial charge in [-0.3, -0.25) is 0 Å².